The van der Waals surface area contributed by atoms with Gasteiger partial charge < -0.3 is 10.5 Å². The fraction of sp³-hybridized carbons (Fsp3) is 0.200. The van der Waals surface area contributed by atoms with E-state index in [0.29, 0.717) is 6.21 Å². The highest BCUT2D eigenvalue weighted by Gasteiger charge is 2.01. The van der Waals surface area contributed by atoms with Crippen molar-refractivity contribution in [3.8, 4) is 0 Å². The Morgan fingerprint density at radius 2 is 2.00 bits per heavy atom. The number of nitrogens with zero attached hydrogens (tertiary/aromatic N) is 1. The third-order valence-corrected chi connectivity index (χ3v) is 0.542. The molecule has 0 saturated heterocycles. The molecule has 6 nitrogen and oxygen atoms in total. The third-order valence-electron chi connectivity index (χ3n) is 0.542. The average molecular weight is 158 g/mol. The fourth-order valence-electron chi connectivity index (χ4n) is 0.284. The second kappa shape index (κ2) is 4.15. The van der Waals surface area contributed by atoms with Gasteiger partial charge in [-0.1, -0.05) is 0 Å². The van der Waals surface area contributed by atoms with Crippen LogP contribution in [-0.4, -0.2) is 24.2 Å². The summed E-state index contributed by atoms with van der Waals surface area (Å²) in [5.74, 6) is -1.79. The van der Waals surface area contributed by atoms with Gasteiger partial charge in [-0.3, -0.25) is 4.79 Å². The number of esters is 2. The Morgan fingerprint density at radius 3 is 2.36 bits per heavy atom. The molecule has 0 rings (SSSR count). The molecule has 0 heterocycles. The number of rotatable bonds is 1. The molecule has 0 radical (unpaired) electrons. The van der Waals surface area contributed by atoms with E-state index in [9.17, 15) is 14.4 Å². The third kappa shape index (κ3) is 6.16. The van der Waals surface area contributed by atoms with Crippen molar-refractivity contribution in [2.45, 2.75) is 6.92 Å². The zero-order valence-corrected chi connectivity index (χ0v) is 5.73. The highest BCUT2D eigenvalue weighted by atomic mass is 16.6. The molecule has 60 valence electrons. The summed E-state index contributed by atoms with van der Waals surface area (Å²) in [5.41, 5.74) is 4.54. The van der Waals surface area contributed by atoms with Crippen LogP contribution in [0, 0.1) is 0 Å². The minimum atomic E-state index is -1.02. The summed E-state index contributed by atoms with van der Waals surface area (Å²) < 4.78 is 3.97. The first-order valence-corrected chi connectivity index (χ1v) is 2.58. The van der Waals surface area contributed by atoms with Gasteiger partial charge in [-0.25, -0.2) is 9.59 Å². The van der Waals surface area contributed by atoms with E-state index in [1.165, 1.54) is 0 Å². The van der Waals surface area contributed by atoms with E-state index in [1.54, 1.807) is 0 Å². The van der Waals surface area contributed by atoms with Gasteiger partial charge in [0.25, 0.3) is 0 Å². The maximum absolute atomic E-state index is 10.4. The molecular weight excluding hydrogens is 152 g/mol. The monoisotopic (exact) mass is 158 g/mol. The molecule has 0 aliphatic heterocycles. The topological polar surface area (TPSA) is 98.8 Å². The van der Waals surface area contributed by atoms with E-state index in [-0.39, 0.29) is 0 Å². The first kappa shape index (κ1) is 9.28. The van der Waals surface area contributed by atoms with Gasteiger partial charge in [0, 0.05) is 6.92 Å². The molecule has 0 unspecified atom stereocenters. The first-order chi connectivity index (χ1) is 5.02. The van der Waals surface area contributed by atoms with Gasteiger partial charge >= 0.3 is 18.0 Å². The number of carbonyl (C=O) groups excluding carboxylic acids is 3. The highest BCUT2D eigenvalue weighted by molar-refractivity contribution is 6.27. The Hall–Kier alpha value is -1.72. The number of ether oxygens (including phenoxy) is 1. The Labute approximate surface area is 62.0 Å². The van der Waals surface area contributed by atoms with Crippen LogP contribution in [0.3, 0.4) is 0 Å². The summed E-state index contributed by atoms with van der Waals surface area (Å²) >= 11 is 0. The van der Waals surface area contributed by atoms with Crippen LogP contribution in [0.5, 0.6) is 0 Å². The second-order valence-electron chi connectivity index (χ2n) is 1.51. The molecule has 0 aliphatic carbocycles. The SMILES string of the molecule is CC(=O)OC(=O)/C=N/C(N)=O. The van der Waals surface area contributed by atoms with Crippen LogP contribution >= 0.6 is 0 Å². The molecular formula is C5H6N2O4. The fourth-order valence-corrected chi connectivity index (χ4v) is 0.284. The minimum absolute atomic E-state index is 0.531. The van der Waals surface area contributed by atoms with Gasteiger partial charge in [-0.2, -0.15) is 4.99 Å². The smallest absolute Gasteiger partial charge is 0.357 e. The van der Waals surface area contributed by atoms with Crippen molar-refractivity contribution in [2.24, 2.45) is 10.7 Å². The molecule has 2 N–H and O–H groups in total. The Balaban J connectivity index is 3.88. The lowest BCUT2D eigenvalue weighted by Crippen LogP contribution is -2.12. The molecule has 0 bridgehead atoms. The average Bonchev–Trinajstić information content (AvgIpc) is 1.82. The molecule has 11 heavy (non-hydrogen) atoms. The van der Waals surface area contributed by atoms with Crippen LogP contribution < -0.4 is 5.73 Å². The van der Waals surface area contributed by atoms with Crippen molar-refractivity contribution in [1.29, 1.82) is 0 Å². The van der Waals surface area contributed by atoms with Gasteiger partial charge in [0.2, 0.25) is 0 Å². The van der Waals surface area contributed by atoms with E-state index in [2.05, 4.69) is 15.5 Å². The summed E-state index contributed by atoms with van der Waals surface area (Å²) in [4.78, 5) is 33.2. The van der Waals surface area contributed by atoms with Crippen molar-refractivity contribution < 1.29 is 19.1 Å². The zero-order valence-electron chi connectivity index (χ0n) is 5.73. The number of urea groups is 1. The van der Waals surface area contributed by atoms with E-state index in [1.807, 2.05) is 0 Å². The zero-order chi connectivity index (χ0) is 8.85. The van der Waals surface area contributed by atoms with Gasteiger partial charge in [0.05, 0.1) is 0 Å². The van der Waals surface area contributed by atoms with Crippen LogP contribution in [0.4, 0.5) is 4.79 Å². The normalized spacial score (nSPS) is 9.55. The van der Waals surface area contributed by atoms with Crippen molar-refractivity contribution in [3.05, 3.63) is 0 Å². The predicted octanol–water partition coefficient (Wildman–Crippen LogP) is -0.774. The van der Waals surface area contributed by atoms with Crippen molar-refractivity contribution in [3.63, 3.8) is 0 Å². The second-order valence-corrected chi connectivity index (χ2v) is 1.51. The van der Waals surface area contributed by atoms with Gasteiger partial charge in [-0.15, -0.1) is 0 Å². The first-order valence-electron chi connectivity index (χ1n) is 2.58. The van der Waals surface area contributed by atoms with E-state index in [0.717, 1.165) is 6.92 Å². The summed E-state index contributed by atoms with van der Waals surface area (Å²) in [7, 11) is 0. The number of carbonyl (C=O) groups is 3. The van der Waals surface area contributed by atoms with Crippen LogP contribution in [0.15, 0.2) is 4.99 Å². The lowest BCUT2D eigenvalue weighted by atomic mass is 10.7. The molecule has 0 aromatic heterocycles. The number of hydrogen-bond acceptors (Lipinski definition) is 4. The highest BCUT2D eigenvalue weighted by Crippen LogP contribution is 1.76. The predicted molar refractivity (Wildman–Crippen MR) is 34.8 cm³/mol. The largest absolute Gasteiger partial charge is 0.389 e. The molecule has 0 atom stereocenters. The van der Waals surface area contributed by atoms with Gasteiger partial charge in [-0.05, 0) is 0 Å². The molecule has 0 aromatic carbocycles. The number of aliphatic imine (C=N–C) groups is 1. The Bertz CT molecular complexity index is 221. The van der Waals surface area contributed by atoms with E-state index < -0.39 is 18.0 Å². The van der Waals surface area contributed by atoms with Crippen LogP contribution in [0.25, 0.3) is 0 Å². The van der Waals surface area contributed by atoms with E-state index in [4.69, 9.17) is 0 Å². The lowest BCUT2D eigenvalue weighted by molar-refractivity contribution is -0.152. The number of hydrogen-bond donors (Lipinski definition) is 1. The van der Waals surface area contributed by atoms with Crippen LogP contribution in [-0.2, 0) is 14.3 Å². The quantitative estimate of drug-likeness (QED) is 0.307. The standard InChI is InChI=1S/C5H6N2O4/c1-3(8)11-4(9)2-7-5(6)10/h2H,1H3,(H2,6,10)/b7-2+. The van der Waals surface area contributed by atoms with Crippen molar-refractivity contribution >= 4 is 24.2 Å². The summed E-state index contributed by atoms with van der Waals surface area (Å²) in [6.45, 7) is 1.05. The molecule has 0 aromatic rings. The maximum Gasteiger partial charge on any atom is 0.357 e. The lowest BCUT2D eigenvalue weighted by Gasteiger charge is -1.90. The Morgan fingerprint density at radius 1 is 1.45 bits per heavy atom. The van der Waals surface area contributed by atoms with E-state index >= 15 is 0 Å². The summed E-state index contributed by atoms with van der Waals surface area (Å²) in [6.07, 6.45) is 0.531. The molecule has 0 fully saturated rings. The van der Waals surface area contributed by atoms with Crippen molar-refractivity contribution in [1.82, 2.24) is 0 Å². The molecule has 0 spiro atoms. The molecule has 2 amide bonds. The number of nitrogens with two attached hydrogens (primary N) is 1. The van der Waals surface area contributed by atoms with Gasteiger partial charge in [0.15, 0.2) is 0 Å². The Kier molecular flexibility index (Phi) is 3.50. The minimum Gasteiger partial charge on any atom is -0.389 e. The maximum atomic E-state index is 10.4. The van der Waals surface area contributed by atoms with Crippen LogP contribution in [0.1, 0.15) is 6.92 Å². The van der Waals surface area contributed by atoms with Crippen LogP contribution in [0.2, 0.25) is 0 Å². The summed E-state index contributed by atoms with van der Waals surface area (Å²) in [6, 6.07) is -1.02. The number of primary amides is 1. The van der Waals surface area contributed by atoms with Crippen molar-refractivity contribution in [2.75, 3.05) is 0 Å². The molecule has 6 heteroatoms. The molecule has 0 saturated carbocycles. The summed E-state index contributed by atoms with van der Waals surface area (Å²) in [5, 5.41) is 0. The van der Waals surface area contributed by atoms with Gasteiger partial charge in [0.1, 0.15) is 6.21 Å². The number of amides is 2. The molecule has 0 aliphatic rings.